The van der Waals surface area contributed by atoms with Crippen molar-refractivity contribution in [3.8, 4) is 0 Å². The number of carboxylic acid groups (broad SMARTS) is 1. The maximum absolute atomic E-state index is 11.1. The van der Waals surface area contributed by atoms with Crippen LogP contribution in [0.1, 0.15) is 19.4 Å². The van der Waals surface area contributed by atoms with E-state index in [2.05, 4.69) is 9.89 Å². The topological polar surface area (TPSA) is 52.9 Å². The molecule has 0 atom stereocenters. The first-order chi connectivity index (χ1) is 8.49. The number of benzene rings is 1. The van der Waals surface area contributed by atoms with E-state index in [1.54, 1.807) is 13.8 Å². The summed E-state index contributed by atoms with van der Waals surface area (Å²) in [5.41, 5.74) is 1.38. The van der Waals surface area contributed by atoms with Gasteiger partial charge < -0.3 is 10.0 Å². The minimum absolute atomic E-state index is 0.529. The molecule has 1 aromatic rings. The van der Waals surface area contributed by atoms with Crippen molar-refractivity contribution in [2.24, 2.45) is 10.4 Å². The molecule has 96 valence electrons. The zero-order valence-electron chi connectivity index (χ0n) is 10.8. The van der Waals surface area contributed by atoms with Crippen LogP contribution in [0.4, 0.5) is 5.69 Å². The summed E-state index contributed by atoms with van der Waals surface area (Å²) in [5, 5.41) is 9.15. The lowest BCUT2D eigenvalue weighted by Crippen LogP contribution is -2.26. The average molecular weight is 246 g/mol. The molecule has 1 aliphatic rings. The van der Waals surface area contributed by atoms with Gasteiger partial charge in [0.15, 0.2) is 0 Å². The van der Waals surface area contributed by atoms with Gasteiger partial charge in [0.1, 0.15) is 0 Å². The van der Waals surface area contributed by atoms with Crippen molar-refractivity contribution in [3.63, 3.8) is 0 Å². The molecule has 0 amide bonds. The second kappa shape index (κ2) is 4.80. The van der Waals surface area contributed by atoms with Gasteiger partial charge in [-0.1, -0.05) is 12.1 Å². The van der Waals surface area contributed by atoms with Crippen molar-refractivity contribution < 1.29 is 9.90 Å². The standard InChI is InChI=1S/C14H18N2O2/c1-14(2,13(17)18)9-11-4-3-5-12(8-11)16-7-6-15-10-16/h3-5,8,10H,6-7,9H2,1-2H3,(H,17,18). The van der Waals surface area contributed by atoms with E-state index in [9.17, 15) is 4.79 Å². The number of aliphatic imine (C=N–C) groups is 1. The minimum atomic E-state index is -0.768. The molecule has 4 heteroatoms. The van der Waals surface area contributed by atoms with E-state index >= 15 is 0 Å². The zero-order valence-corrected chi connectivity index (χ0v) is 10.8. The van der Waals surface area contributed by atoms with Crippen LogP contribution >= 0.6 is 0 Å². The maximum atomic E-state index is 11.1. The van der Waals surface area contributed by atoms with Crippen molar-refractivity contribution in [1.29, 1.82) is 0 Å². The van der Waals surface area contributed by atoms with Crippen LogP contribution in [-0.4, -0.2) is 30.5 Å². The number of carbonyl (C=O) groups is 1. The number of anilines is 1. The van der Waals surface area contributed by atoms with Gasteiger partial charge in [-0.05, 0) is 38.0 Å². The molecule has 2 rings (SSSR count). The summed E-state index contributed by atoms with van der Waals surface area (Å²) in [5.74, 6) is -0.768. The third-order valence-electron chi connectivity index (χ3n) is 3.16. The minimum Gasteiger partial charge on any atom is -0.481 e. The molecule has 1 N–H and O–H groups in total. The third-order valence-corrected chi connectivity index (χ3v) is 3.16. The van der Waals surface area contributed by atoms with Crippen molar-refractivity contribution >= 4 is 18.0 Å². The van der Waals surface area contributed by atoms with Crippen molar-refractivity contribution in [3.05, 3.63) is 29.8 Å². The first kappa shape index (κ1) is 12.6. The molecule has 0 aliphatic carbocycles. The summed E-state index contributed by atoms with van der Waals surface area (Å²) in [6, 6.07) is 8.01. The number of hydrogen-bond donors (Lipinski definition) is 1. The number of carboxylic acids is 1. The molecule has 0 saturated heterocycles. The van der Waals surface area contributed by atoms with Gasteiger partial charge in [0.2, 0.25) is 0 Å². The largest absolute Gasteiger partial charge is 0.481 e. The highest BCUT2D eigenvalue weighted by atomic mass is 16.4. The Balaban J connectivity index is 2.17. The zero-order chi connectivity index (χ0) is 13.2. The number of nitrogens with zero attached hydrogens (tertiary/aromatic N) is 2. The smallest absolute Gasteiger partial charge is 0.309 e. The van der Waals surface area contributed by atoms with Crippen LogP contribution in [0.5, 0.6) is 0 Å². The molecule has 0 unspecified atom stereocenters. The second-order valence-corrected chi connectivity index (χ2v) is 5.25. The van der Waals surface area contributed by atoms with E-state index in [-0.39, 0.29) is 0 Å². The van der Waals surface area contributed by atoms with Gasteiger partial charge in [0.25, 0.3) is 0 Å². The van der Waals surface area contributed by atoms with Crippen molar-refractivity contribution in [1.82, 2.24) is 0 Å². The van der Waals surface area contributed by atoms with Crippen molar-refractivity contribution in [2.75, 3.05) is 18.0 Å². The molecule has 1 heterocycles. The fourth-order valence-corrected chi connectivity index (χ4v) is 2.01. The first-order valence-corrected chi connectivity index (χ1v) is 6.08. The maximum Gasteiger partial charge on any atom is 0.309 e. The average Bonchev–Trinajstić information content (AvgIpc) is 2.82. The predicted octanol–water partition coefficient (Wildman–Crippen LogP) is 2.19. The summed E-state index contributed by atoms with van der Waals surface area (Å²) in [7, 11) is 0. The highest BCUT2D eigenvalue weighted by molar-refractivity contribution is 5.81. The summed E-state index contributed by atoms with van der Waals surface area (Å²) >= 11 is 0. The molecule has 0 spiro atoms. The molecular weight excluding hydrogens is 228 g/mol. The predicted molar refractivity (Wildman–Crippen MR) is 72.3 cm³/mol. The van der Waals surface area contributed by atoms with E-state index < -0.39 is 11.4 Å². The Morgan fingerprint density at radius 1 is 1.50 bits per heavy atom. The van der Waals surface area contributed by atoms with Crippen molar-refractivity contribution in [2.45, 2.75) is 20.3 Å². The SMILES string of the molecule is CC(C)(Cc1cccc(N2C=NCC2)c1)C(=O)O. The van der Waals surface area contributed by atoms with E-state index in [0.29, 0.717) is 6.42 Å². The lowest BCUT2D eigenvalue weighted by atomic mass is 9.86. The lowest BCUT2D eigenvalue weighted by Gasteiger charge is -2.20. The number of hydrogen-bond acceptors (Lipinski definition) is 3. The quantitative estimate of drug-likeness (QED) is 0.886. The second-order valence-electron chi connectivity index (χ2n) is 5.25. The summed E-state index contributed by atoms with van der Waals surface area (Å²) in [6.07, 6.45) is 2.36. The summed E-state index contributed by atoms with van der Waals surface area (Å²) < 4.78 is 0. The summed E-state index contributed by atoms with van der Waals surface area (Å²) in [6.45, 7) is 5.22. The monoisotopic (exact) mass is 246 g/mol. The summed E-state index contributed by atoms with van der Waals surface area (Å²) in [4.78, 5) is 17.4. The lowest BCUT2D eigenvalue weighted by molar-refractivity contribution is -0.146. The molecule has 0 aromatic heterocycles. The normalized spacial score (nSPS) is 15.1. The molecule has 0 saturated carbocycles. The van der Waals surface area contributed by atoms with Crippen LogP contribution in [0.15, 0.2) is 29.3 Å². The van der Waals surface area contributed by atoms with E-state index in [4.69, 9.17) is 5.11 Å². The number of rotatable bonds is 4. The molecule has 1 aliphatic heterocycles. The van der Waals surface area contributed by atoms with Gasteiger partial charge >= 0.3 is 5.97 Å². The van der Waals surface area contributed by atoms with Gasteiger partial charge in [0.05, 0.1) is 18.3 Å². The van der Waals surface area contributed by atoms with Crippen LogP contribution in [0.25, 0.3) is 0 Å². The molecule has 0 bridgehead atoms. The van der Waals surface area contributed by atoms with Crippen LogP contribution in [-0.2, 0) is 11.2 Å². The van der Waals surface area contributed by atoms with Crippen LogP contribution in [0, 0.1) is 5.41 Å². The van der Waals surface area contributed by atoms with Crippen LogP contribution < -0.4 is 4.90 Å². The highest BCUT2D eigenvalue weighted by Crippen LogP contribution is 2.25. The van der Waals surface area contributed by atoms with Gasteiger partial charge in [-0.15, -0.1) is 0 Å². The Morgan fingerprint density at radius 3 is 2.89 bits per heavy atom. The molecule has 0 radical (unpaired) electrons. The molecular formula is C14H18N2O2. The third kappa shape index (κ3) is 2.70. The van der Waals surface area contributed by atoms with Gasteiger partial charge in [-0.25, -0.2) is 0 Å². The molecule has 18 heavy (non-hydrogen) atoms. The Labute approximate surface area is 107 Å². The Morgan fingerprint density at radius 2 is 2.28 bits per heavy atom. The Hall–Kier alpha value is -1.84. The van der Waals surface area contributed by atoms with Gasteiger partial charge in [-0.3, -0.25) is 9.79 Å². The molecule has 1 aromatic carbocycles. The van der Waals surface area contributed by atoms with Gasteiger partial charge in [-0.2, -0.15) is 0 Å². The van der Waals surface area contributed by atoms with Gasteiger partial charge in [0, 0.05) is 12.2 Å². The van der Waals surface area contributed by atoms with E-state index in [1.807, 2.05) is 30.6 Å². The number of aliphatic carboxylic acids is 1. The Bertz CT molecular complexity index is 480. The fourth-order valence-electron chi connectivity index (χ4n) is 2.01. The molecule has 4 nitrogen and oxygen atoms in total. The van der Waals surface area contributed by atoms with Crippen LogP contribution in [0.3, 0.4) is 0 Å². The van der Waals surface area contributed by atoms with Crippen LogP contribution in [0.2, 0.25) is 0 Å². The van der Waals surface area contributed by atoms with E-state index in [0.717, 1.165) is 24.3 Å². The highest BCUT2D eigenvalue weighted by Gasteiger charge is 2.27. The Kier molecular flexibility index (Phi) is 3.36. The first-order valence-electron chi connectivity index (χ1n) is 6.08. The fraction of sp³-hybridized carbons (Fsp3) is 0.429. The molecule has 0 fully saturated rings. The van der Waals surface area contributed by atoms with E-state index in [1.165, 1.54) is 0 Å².